The summed E-state index contributed by atoms with van der Waals surface area (Å²) >= 11 is 4.44. The molecule has 2 aromatic carbocycles. The number of hydrogen-bond acceptors (Lipinski definition) is 4. The Kier molecular flexibility index (Phi) is 9.09. The van der Waals surface area contributed by atoms with Gasteiger partial charge in [0.15, 0.2) is 0 Å². The fourth-order valence-electron chi connectivity index (χ4n) is 3.29. The van der Waals surface area contributed by atoms with Gasteiger partial charge >= 0.3 is 0 Å². The van der Waals surface area contributed by atoms with Crippen LogP contribution in [0, 0.1) is 0 Å². The number of halogens is 1. The predicted molar refractivity (Wildman–Crippen MR) is 131 cm³/mol. The number of carbonyl (C=O) groups excluding carboxylic acids is 2. The number of hydrogen-bond donors (Lipinski definition) is 3. The minimum Gasteiger partial charge on any atom is -0.345 e. The van der Waals surface area contributed by atoms with Crippen molar-refractivity contribution in [1.29, 1.82) is 0 Å². The summed E-state index contributed by atoms with van der Waals surface area (Å²) in [7, 11) is 0. The summed E-state index contributed by atoms with van der Waals surface area (Å²) < 4.78 is 0. The van der Waals surface area contributed by atoms with Crippen molar-refractivity contribution in [3.63, 3.8) is 0 Å². The third kappa shape index (κ3) is 5.87. The van der Waals surface area contributed by atoms with Gasteiger partial charge in [0.05, 0.1) is 11.6 Å². The van der Waals surface area contributed by atoms with Crippen LogP contribution in [0.3, 0.4) is 0 Å². The fraction of sp³-hybridized carbons (Fsp3) is 0.208. The molecule has 1 unspecified atom stereocenters. The highest BCUT2D eigenvalue weighted by molar-refractivity contribution is 7.79. The summed E-state index contributed by atoms with van der Waals surface area (Å²) in [6.45, 7) is 3.72. The van der Waals surface area contributed by atoms with Gasteiger partial charge < -0.3 is 10.6 Å². The van der Waals surface area contributed by atoms with Gasteiger partial charge in [-0.25, -0.2) is 0 Å². The van der Waals surface area contributed by atoms with Crippen molar-refractivity contribution in [1.82, 2.24) is 10.3 Å². The molecule has 7 heteroatoms. The zero-order chi connectivity index (χ0) is 21.5. The van der Waals surface area contributed by atoms with E-state index in [1.165, 1.54) is 0 Å². The Balaban J connectivity index is 0.00000341. The third-order valence-corrected chi connectivity index (χ3v) is 5.24. The lowest BCUT2D eigenvalue weighted by Gasteiger charge is -2.21. The maximum absolute atomic E-state index is 13.4. The van der Waals surface area contributed by atoms with Crippen LogP contribution in [0.4, 0.5) is 5.69 Å². The number of nitrogens with one attached hydrogen (secondary N) is 2. The van der Waals surface area contributed by atoms with Crippen molar-refractivity contribution in [2.24, 2.45) is 0 Å². The second-order valence-electron chi connectivity index (χ2n) is 6.92. The first-order valence-electron chi connectivity index (χ1n) is 9.88. The number of nitrogens with zero attached hydrogens (tertiary/aromatic N) is 1. The SMILES string of the molecule is CCC(=O)Nc1ccc(CS)c(C(=O)NC(C)c2ccncc2)c1-c1ccccc1.Cl. The van der Waals surface area contributed by atoms with Crippen molar-refractivity contribution in [3.05, 3.63) is 83.7 Å². The van der Waals surface area contributed by atoms with E-state index in [0.29, 0.717) is 29.0 Å². The van der Waals surface area contributed by atoms with Gasteiger partial charge in [-0.05, 0) is 41.8 Å². The Hall–Kier alpha value is -2.83. The lowest BCUT2D eigenvalue weighted by molar-refractivity contribution is -0.115. The van der Waals surface area contributed by atoms with Crippen LogP contribution < -0.4 is 10.6 Å². The number of amides is 2. The summed E-state index contributed by atoms with van der Waals surface area (Å²) in [4.78, 5) is 29.6. The van der Waals surface area contributed by atoms with Crippen molar-refractivity contribution in [2.45, 2.75) is 32.1 Å². The van der Waals surface area contributed by atoms with E-state index in [9.17, 15) is 9.59 Å². The average Bonchev–Trinajstić information content (AvgIpc) is 2.79. The van der Waals surface area contributed by atoms with Crippen LogP contribution in [-0.2, 0) is 10.5 Å². The molecular weight excluding hydrogens is 430 g/mol. The fourth-order valence-corrected chi connectivity index (χ4v) is 3.55. The van der Waals surface area contributed by atoms with Gasteiger partial charge in [-0.3, -0.25) is 14.6 Å². The molecule has 31 heavy (non-hydrogen) atoms. The molecule has 0 spiro atoms. The molecule has 0 aliphatic rings. The Labute approximate surface area is 194 Å². The van der Waals surface area contributed by atoms with E-state index in [1.807, 2.05) is 61.5 Å². The quantitative estimate of drug-likeness (QED) is 0.415. The largest absolute Gasteiger partial charge is 0.345 e. The summed E-state index contributed by atoms with van der Waals surface area (Å²) in [6.07, 6.45) is 3.75. The highest BCUT2D eigenvalue weighted by atomic mass is 35.5. The van der Waals surface area contributed by atoms with Crippen LogP contribution in [0.5, 0.6) is 0 Å². The van der Waals surface area contributed by atoms with Crippen molar-refractivity contribution < 1.29 is 9.59 Å². The number of rotatable bonds is 7. The van der Waals surface area contributed by atoms with E-state index in [1.54, 1.807) is 19.3 Å². The van der Waals surface area contributed by atoms with Gasteiger partial charge in [0.1, 0.15) is 0 Å². The van der Waals surface area contributed by atoms with E-state index in [2.05, 4.69) is 28.2 Å². The average molecular weight is 456 g/mol. The van der Waals surface area contributed by atoms with Gasteiger partial charge in [-0.15, -0.1) is 12.4 Å². The highest BCUT2D eigenvalue weighted by Gasteiger charge is 2.22. The molecule has 1 atom stereocenters. The summed E-state index contributed by atoms with van der Waals surface area (Å²) in [5.41, 5.74) is 4.44. The molecule has 0 saturated carbocycles. The minimum atomic E-state index is -0.213. The normalized spacial score (nSPS) is 11.2. The Morgan fingerprint density at radius 2 is 1.71 bits per heavy atom. The van der Waals surface area contributed by atoms with Crippen molar-refractivity contribution in [2.75, 3.05) is 5.32 Å². The van der Waals surface area contributed by atoms with Gasteiger partial charge in [0.2, 0.25) is 5.91 Å². The number of pyridine rings is 1. The molecule has 0 radical (unpaired) electrons. The summed E-state index contributed by atoms with van der Waals surface area (Å²) in [5.74, 6) is 0.0749. The van der Waals surface area contributed by atoms with E-state index < -0.39 is 0 Å². The van der Waals surface area contributed by atoms with Crippen LogP contribution in [-0.4, -0.2) is 16.8 Å². The first-order chi connectivity index (χ1) is 14.5. The van der Waals surface area contributed by atoms with Crippen LogP contribution in [0.15, 0.2) is 67.0 Å². The lowest BCUT2D eigenvalue weighted by Crippen LogP contribution is -2.28. The monoisotopic (exact) mass is 455 g/mol. The van der Waals surface area contributed by atoms with Crippen LogP contribution in [0.1, 0.15) is 47.8 Å². The molecule has 1 heterocycles. The highest BCUT2D eigenvalue weighted by Crippen LogP contribution is 2.35. The maximum atomic E-state index is 13.4. The molecule has 0 aliphatic carbocycles. The molecule has 0 aliphatic heterocycles. The second-order valence-corrected chi connectivity index (χ2v) is 7.24. The van der Waals surface area contributed by atoms with Crippen LogP contribution in [0.25, 0.3) is 11.1 Å². The van der Waals surface area contributed by atoms with Crippen molar-refractivity contribution >= 4 is 42.5 Å². The molecule has 162 valence electrons. The zero-order valence-electron chi connectivity index (χ0n) is 17.5. The number of aromatic nitrogens is 1. The Bertz CT molecular complexity index is 1030. The van der Waals surface area contributed by atoms with Crippen LogP contribution >= 0.6 is 25.0 Å². The smallest absolute Gasteiger partial charge is 0.252 e. The molecule has 2 N–H and O–H groups in total. The second kappa shape index (κ2) is 11.5. The van der Waals surface area contributed by atoms with Gasteiger partial charge in [0, 0.05) is 35.8 Å². The lowest BCUT2D eigenvalue weighted by atomic mass is 9.93. The Morgan fingerprint density at radius 1 is 1.03 bits per heavy atom. The molecule has 1 aromatic heterocycles. The molecule has 0 saturated heterocycles. The van der Waals surface area contributed by atoms with Crippen molar-refractivity contribution in [3.8, 4) is 11.1 Å². The maximum Gasteiger partial charge on any atom is 0.252 e. The van der Waals surface area contributed by atoms with E-state index in [4.69, 9.17) is 0 Å². The van der Waals surface area contributed by atoms with Crippen LogP contribution in [0.2, 0.25) is 0 Å². The third-order valence-electron chi connectivity index (χ3n) is 4.90. The van der Waals surface area contributed by atoms with E-state index in [-0.39, 0.29) is 30.3 Å². The molecule has 0 fully saturated rings. The molecule has 3 aromatic rings. The number of thiol groups is 1. The van der Waals surface area contributed by atoms with Gasteiger partial charge in [-0.2, -0.15) is 12.6 Å². The van der Waals surface area contributed by atoms with E-state index >= 15 is 0 Å². The van der Waals surface area contributed by atoms with Gasteiger partial charge in [-0.1, -0.05) is 43.3 Å². The summed E-state index contributed by atoms with van der Waals surface area (Å²) in [6, 6.07) is 16.8. The standard InChI is InChI=1S/C24H25N3O2S.ClH/c1-3-21(28)27-20-10-9-19(15-30)23(22(20)18-7-5-4-6-8-18)24(29)26-16(2)17-11-13-25-14-12-17;/h4-14,16,30H,3,15H2,1-2H3,(H,26,29)(H,27,28);1H. The number of carbonyl (C=O) groups is 2. The summed E-state index contributed by atoms with van der Waals surface area (Å²) in [5, 5.41) is 6.02. The minimum absolute atomic E-state index is 0. The predicted octanol–water partition coefficient (Wildman–Crippen LogP) is 5.44. The first-order valence-corrected chi connectivity index (χ1v) is 10.5. The number of anilines is 1. The molecule has 2 amide bonds. The van der Waals surface area contributed by atoms with Gasteiger partial charge in [0.25, 0.3) is 5.91 Å². The first kappa shape index (κ1) is 24.4. The number of benzene rings is 2. The topological polar surface area (TPSA) is 71.1 Å². The zero-order valence-corrected chi connectivity index (χ0v) is 19.2. The molecule has 3 rings (SSSR count). The molecule has 5 nitrogen and oxygen atoms in total. The molecular formula is C24H26ClN3O2S. The van der Waals surface area contributed by atoms with E-state index in [0.717, 1.165) is 16.7 Å². The molecule has 0 bridgehead atoms. The Morgan fingerprint density at radius 3 is 2.32 bits per heavy atom.